The summed E-state index contributed by atoms with van der Waals surface area (Å²) in [5.74, 6) is 0.658. The zero-order chi connectivity index (χ0) is 25.2. The van der Waals surface area contributed by atoms with Crippen LogP contribution in [0.5, 0.6) is 5.88 Å². The van der Waals surface area contributed by atoms with Crippen molar-refractivity contribution >= 4 is 33.0 Å². The highest BCUT2D eigenvalue weighted by Crippen LogP contribution is 2.29. The van der Waals surface area contributed by atoms with E-state index in [1.165, 1.54) is 31.0 Å². The Hall–Kier alpha value is -3.03. The van der Waals surface area contributed by atoms with Crippen molar-refractivity contribution < 1.29 is 13.2 Å². The van der Waals surface area contributed by atoms with Gasteiger partial charge in [-0.2, -0.15) is 0 Å². The van der Waals surface area contributed by atoms with Crippen LogP contribution in [-0.4, -0.2) is 60.1 Å². The van der Waals surface area contributed by atoms with E-state index in [9.17, 15) is 8.42 Å². The molecular weight excluding hydrogens is 512 g/mol. The molecule has 4 rings (SSSR count). The molecule has 0 bridgehead atoms. The first-order valence-electron chi connectivity index (χ1n) is 10.6. The average molecular weight is 535 g/mol. The van der Waals surface area contributed by atoms with Crippen LogP contribution in [-0.2, 0) is 15.6 Å². The van der Waals surface area contributed by atoms with Crippen molar-refractivity contribution in [3.05, 3.63) is 58.3 Å². The average Bonchev–Trinajstić information content (AvgIpc) is 3.53. The van der Waals surface area contributed by atoms with E-state index in [1.807, 2.05) is 6.92 Å². The van der Waals surface area contributed by atoms with Gasteiger partial charge < -0.3 is 4.74 Å². The molecule has 0 aliphatic carbocycles. The fraction of sp³-hybridized carbons (Fsp3) is 0.381. The molecule has 35 heavy (non-hydrogen) atoms. The van der Waals surface area contributed by atoms with E-state index >= 15 is 0 Å². The lowest BCUT2D eigenvalue weighted by molar-refractivity contribution is 0.398. The summed E-state index contributed by atoms with van der Waals surface area (Å²) >= 11 is 7.08. The quantitative estimate of drug-likeness (QED) is 0.314. The number of ether oxygens (including phenoxy) is 1. The number of nitrogens with zero attached hydrogens (tertiary/aromatic N) is 8. The van der Waals surface area contributed by atoms with E-state index in [0.29, 0.717) is 33.9 Å². The summed E-state index contributed by atoms with van der Waals surface area (Å²) in [6, 6.07) is 4.87. The molecule has 0 aromatic carbocycles. The van der Waals surface area contributed by atoms with Crippen molar-refractivity contribution in [2.24, 2.45) is 0 Å². The molecule has 0 spiro atoms. The van der Waals surface area contributed by atoms with E-state index in [2.05, 4.69) is 34.7 Å². The van der Waals surface area contributed by atoms with Gasteiger partial charge in [-0.1, -0.05) is 29.1 Å². The molecular formula is C21H23ClN8O3S2. The van der Waals surface area contributed by atoms with Gasteiger partial charge in [-0.05, 0) is 31.4 Å². The summed E-state index contributed by atoms with van der Waals surface area (Å²) in [4.78, 5) is 12.8. The van der Waals surface area contributed by atoms with E-state index in [-0.39, 0.29) is 17.6 Å². The van der Waals surface area contributed by atoms with Crippen LogP contribution in [0.2, 0.25) is 5.02 Å². The molecule has 14 heteroatoms. The highest BCUT2D eigenvalue weighted by atomic mass is 35.5. The summed E-state index contributed by atoms with van der Waals surface area (Å²) < 4.78 is 37.8. The Morgan fingerprint density at radius 1 is 1.11 bits per heavy atom. The van der Waals surface area contributed by atoms with Gasteiger partial charge in [0.1, 0.15) is 23.1 Å². The number of pyridine rings is 1. The first-order valence-corrected chi connectivity index (χ1v) is 13.6. The summed E-state index contributed by atoms with van der Waals surface area (Å²) in [6.07, 6.45) is 2.90. The smallest absolute Gasteiger partial charge is 0.213 e. The third-order valence-electron chi connectivity index (χ3n) is 5.77. The highest BCUT2D eigenvalue weighted by Gasteiger charge is 2.33. The maximum atomic E-state index is 13.5. The number of halogens is 1. The van der Waals surface area contributed by atoms with Gasteiger partial charge in [0, 0.05) is 29.8 Å². The fourth-order valence-electron chi connectivity index (χ4n) is 3.53. The van der Waals surface area contributed by atoms with Crippen LogP contribution in [0.4, 0.5) is 0 Å². The van der Waals surface area contributed by atoms with Crippen molar-refractivity contribution in [2.45, 2.75) is 43.7 Å². The largest absolute Gasteiger partial charge is 0.481 e. The van der Waals surface area contributed by atoms with Gasteiger partial charge in [0.05, 0.1) is 29.1 Å². The van der Waals surface area contributed by atoms with Crippen LogP contribution < -0.4 is 4.74 Å². The number of hydrogen-bond donors (Lipinski definition) is 0. The van der Waals surface area contributed by atoms with Gasteiger partial charge in [-0.15, -0.1) is 15.3 Å². The zero-order valence-corrected chi connectivity index (χ0v) is 21.8. The molecule has 184 valence electrons. The van der Waals surface area contributed by atoms with Crippen molar-refractivity contribution in [3.63, 3.8) is 0 Å². The second kappa shape index (κ2) is 10.3. The van der Waals surface area contributed by atoms with Crippen molar-refractivity contribution in [1.82, 2.24) is 39.3 Å². The predicted molar refractivity (Wildman–Crippen MR) is 131 cm³/mol. The molecule has 4 aromatic heterocycles. The number of aromatic nitrogens is 8. The molecule has 0 aliphatic rings. The lowest BCUT2D eigenvalue weighted by Gasteiger charge is -2.20. The predicted octanol–water partition coefficient (Wildman–Crippen LogP) is 3.36. The number of methoxy groups -OCH3 is 1. The monoisotopic (exact) mass is 534 g/mol. The summed E-state index contributed by atoms with van der Waals surface area (Å²) in [6.45, 7) is 5.29. The molecule has 11 nitrogen and oxygen atoms in total. The first-order chi connectivity index (χ1) is 16.7. The van der Waals surface area contributed by atoms with Crippen LogP contribution in [0.25, 0.3) is 11.5 Å². The van der Waals surface area contributed by atoms with E-state index in [4.69, 9.17) is 16.3 Å². The third kappa shape index (κ3) is 5.31. The van der Waals surface area contributed by atoms with Crippen LogP contribution in [0.1, 0.15) is 50.1 Å². The maximum Gasteiger partial charge on any atom is 0.213 e. The van der Waals surface area contributed by atoms with Crippen molar-refractivity contribution in [3.8, 4) is 17.4 Å². The molecule has 0 saturated carbocycles. The molecule has 4 heterocycles. The molecule has 4 aromatic rings. The zero-order valence-electron chi connectivity index (χ0n) is 19.4. The lowest BCUT2D eigenvalue weighted by atomic mass is 10.1. The van der Waals surface area contributed by atoms with Gasteiger partial charge in [0.2, 0.25) is 5.88 Å². The van der Waals surface area contributed by atoms with E-state index in [0.717, 1.165) is 0 Å². The summed E-state index contributed by atoms with van der Waals surface area (Å²) in [5.41, 5.74) is 1.15. The first kappa shape index (κ1) is 25.1. The molecule has 0 saturated heterocycles. The summed E-state index contributed by atoms with van der Waals surface area (Å²) in [5, 5.41) is 14.1. The number of rotatable bonds is 9. The Morgan fingerprint density at radius 2 is 1.86 bits per heavy atom. The minimum absolute atomic E-state index is 0.265. The van der Waals surface area contributed by atoms with Gasteiger partial charge in [-0.3, -0.25) is 4.57 Å². The molecule has 3 atom stereocenters. The van der Waals surface area contributed by atoms with Crippen molar-refractivity contribution in [1.29, 1.82) is 0 Å². The van der Waals surface area contributed by atoms with Crippen LogP contribution in [0.3, 0.4) is 0 Å². The standard InChI is InChI=1S/C21H23ClN8O3S2/c1-12(20-23-8-15(22)9-24-20)14(3)35(31,32)11-18-27-28-21(16-6-5-7-19(25-16)33-4)30(18)13(2)17-10-34-29-26-17/h5-10,12-14H,11H2,1-4H3/t12-,13+,14-/m0/s1. The summed E-state index contributed by atoms with van der Waals surface area (Å²) in [7, 11) is -2.17. The fourth-order valence-corrected chi connectivity index (χ4v) is 5.73. The molecule has 0 radical (unpaired) electrons. The minimum Gasteiger partial charge on any atom is -0.481 e. The maximum absolute atomic E-state index is 13.5. The Morgan fingerprint density at radius 3 is 2.51 bits per heavy atom. The minimum atomic E-state index is -3.69. The van der Waals surface area contributed by atoms with E-state index in [1.54, 1.807) is 42.0 Å². The molecule has 0 aliphatic heterocycles. The van der Waals surface area contributed by atoms with Crippen molar-refractivity contribution in [2.75, 3.05) is 7.11 Å². The van der Waals surface area contributed by atoms with Crippen LogP contribution in [0.15, 0.2) is 36.0 Å². The SMILES string of the molecule is COc1cccc(-c2nnc(CS(=O)(=O)[C@@H](C)[C@H](C)c3ncc(Cl)cn3)n2[C@H](C)c2csnn2)n1. The molecule has 0 unspecified atom stereocenters. The Bertz CT molecular complexity index is 1390. The third-order valence-corrected chi connectivity index (χ3v) is 8.69. The second-order valence-electron chi connectivity index (χ2n) is 7.94. The van der Waals surface area contributed by atoms with Crippen LogP contribution >= 0.6 is 23.1 Å². The second-order valence-corrected chi connectivity index (χ2v) is 11.3. The molecule has 0 amide bonds. The lowest BCUT2D eigenvalue weighted by Crippen LogP contribution is -2.28. The van der Waals surface area contributed by atoms with E-state index < -0.39 is 21.0 Å². The van der Waals surface area contributed by atoms with Gasteiger partial charge in [0.25, 0.3) is 0 Å². The van der Waals surface area contributed by atoms with Gasteiger partial charge in [0.15, 0.2) is 15.7 Å². The Balaban J connectivity index is 1.72. The van der Waals surface area contributed by atoms with Gasteiger partial charge >= 0.3 is 0 Å². The molecule has 0 fully saturated rings. The number of sulfone groups is 1. The highest BCUT2D eigenvalue weighted by molar-refractivity contribution is 7.91. The Labute approximate surface area is 211 Å². The number of hydrogen-bond acceptors (Lipinski definition) is 11. The molecule has 0 N–H and O–H groups in total. The van der Waals surface area contributed by atoms with Crippen LogP contribution in [0, 0.1) is 0 Å². The Kier molecular flexibility index (Phi) is 7.38. The van der Waals surface area contributed by atoms with Gasteiger partial charge in [-0.25, -0.2) is 23.4 Å². The topological polar surface area (TPSA) is 139 Å². The normalized spacial score (nSPS) is 14.4.